The fourth-order valence-electron chi connectivity index (χ4n) is 3.87. The summed E-state index contributed by atoms with van der Waals surface area (Å²) in [6, 6.07) is 6.50. The quantitative estimate of drug-likeness (QED) is 0.891. The average Bonchev–Trinajstić information content (AvgIpc) is 3.12. The number of aromatic amines is 1. The number of rotatable bonds is 5. The fourth-order valence-corrected chi connectivity index (χ4v) is 3.87. The highest BCUT2D eigenvalue weighted by atomic mass is 16.5. The van der Waals surface area contributed by atoms with Crippen LogP contribution in [0.4, 0.5) is 0 Å². The number of nitrogens with zero attached hydrogens (tertiary/aromatic N) is 1. The number of aromatic nitrogens is 1. The Kier molecular flexibility index (Phi) is 3.68. The molecule has 0 saturated carbocycles. The van der Waals surface area contributed by atoms with E-state index >= 15 is 0 Å². The maximum atomic E-state index is 5.54. The van der Waals surface area contributed by atoms with Gasteiger partial charge >= 0.3 is 0 Å². The van der Waals surface area contributed by atoms with E-state index in [1.165, 1.54) is 48.0 Å². The van der Waals surface area contributed by atoms with E-state index in [0.29, 0.717) is 0 Å². The van der Waals surface area contributed by atoms with Crippen molar-refractivity contribution < 1.29 is 4.74 Å². The second-order valence-electron chi connectivity index (χ2n) is 6.83. The molecule has 0 aliphatic carbocycles. The molecule has 2 aliphatic rings. The maximum Gasteiger partial charge on any atom is 0.0804 e. The van der Waals surface area contributed by atoms with Crippen molar-refractivity contribution in [1.29, 1.82) is 0 Å². The molecule has 4 nitrogen and oxygen atoms in total. The van der Waals surface area contributed by atoms with Crippen LogP contribution in [0, 0.1) is 6.92 Å². The first-order valence-electron chi connectivity index (χ1n) is 8.38. The number of nitrogens with one attached hydrogen (secondary N) is 2. The smallest absolute Gasteiger partial charge is 0.0804 e. The van der Waals surface area contributed by atoms with Crippen LogP contribution < -0.4 is 5.32 Å². The summed E-state index contributed by atoms with van der Waals surface area (Å²) in [5.41, 5.74) is 4.18. The van der Waals surface area contributed by atoms with E-state index in [1.54, 1.807) is 0 Å². The number of H-pyrrole nitrogens is 1. The Balaban J connectivity index is 1.42. The molecule has 118 valence electrons. The van der Waals surface area contributed by atoms with Crippen LogP contribution in [0.1, 0.15) is 24.0 Å². The van der Waals surface area contributed by atoms with E-state index in [4.69, 9.17) is 4.74 Å². The van der Waals surface area contributed by atoms with Crippen molar-refractivity contribution in [2.24, 2.45) is 0 Å². The van der Waals surface area contributed by atoms with Crippen molar-refractivity contribution >= 4 is 10.9 Å². The van der Waals surface area contributed by atoms with E-state index in [0.717, 1.165) is 26.3 Å². The first kappa shape index (κ1) is 14.2. The summed E-state index contributed by atoms with van der Waals surface area (Å²) in [7, 11) is 0. The van der Waals surface area contributed by atoms with Crippen LogP contribution in [0.25, 0.3) is 10.9 Å². The normalized spacial score (nSPS) is 21.3. The highest BCUT2D eigenvalue weighted by Gasteiger charge is 2.44. The minimum atomic E-state index is 0.249. The summed E-state index contributed by atoms with van der Waals surface area (Å²) in [5, 5.41) is 5.02. The molecule has 0 unspecified atom stereocenters. The molecule has 1 aromatic heterocycles. The molecule has 22 heavy (non-hydrogen) atoms. The van der Waals surface area contributed by atoms with Crippen LogP contribution in [0.2, 0.25) is 0 Å². The van der Waals surface area contributed by atoms with Gasteiger partial charge in [-0.3, -0.25) is 4.90 Å². The minimum absolute atomic E-state index is 0.249. The molecule has 0 bridgehead atoms. The van der Waals surface area contributed by atoms with Gasteiger partial charge in [-0.2, -0.15) is 0 Å². The van der Waals surface area contributed by atoms with E-state index in [1.807, 2.05) is 0 Å². The molecule has 2 saturated heterocycles. The third-order valence-electron chi connectivity index (χ3n) is 5.30. The van der Waals surface area contributed by atoms with Crippen molar-refractivity contribution in [3.8, 4) is 0 Å². The second-order valence-corrected chi connectivity index (χ2v) is 6.83. The van der Waals surface area contributed by atoms with Gasteiger partial charge < -0.3 is 15.0 Å². The van der Waals surface area contributed by atoms with Crippen LogP contribution in [0.15, 0.2) is 24.4 Å². The van der Waals surface area contributed by atoms with Gasteiger partial charge in [0.15, 0.2) is 0 Å². The van der Waals surface area contributed by atoms with Gasteiger partial charge in [0.05, 0.1) is 18.8 Å². The Bertz CT molecular complexity index is 653. The number of benzene rings is 1. The van der Waals surface area contributed by atoms with E-state index in [9.17, 15) is 0 Å². The van der Waals surface area contributed by atoms with Gasteiger partial charge in [-0.05, 0) is 44.0 Å². The van der Waals surface area contributed by atoms with Crippen molar-refractivity contribution in [3.05, 3.63) is 35.5 Å². The Labute approximate surface area is 131 Å². The summed E-state index contributed by atoms with van der Waals surface area (Å²) >= 11 is 0. The van der Waals surface area contributed by atoms with Crippen molar-refractivity contribution in [1.82, 2.24) is 15.2 Å². The number of ether oxygens (including phenoxy) is 1. The van der Waals surface area contributed by atoms with Gasteiger partial charge in [0.2, 0.25) is 0 Å². The largest absolute Gasteiger partial charge is 0.377 e. The lowest BCUT2D eigenvalue weighted by atomic mass is 9.95. The van der Waals surface area contributed by atoms with Crippen molar-refractivity contribution in [2.45, 2.75) is 31.8 Å². The minimum Gasteiger partial charge on any atom is -0.377 e. The number of fused-ring (bicyclic) bond motifs is 1. The van der Waals surface area contributed by atoms with Crippen LogP contribution in [0.5, 0.6) is 0 Å². The van der Waals surface area contributed by atoms with Crippen LogP contribution in [-0.4, -0.2) is 48.3 Å². The standard InChI is InChI=1S/C18H25N3O/c1-14-5-4-6-16-15(10-20-17(14)16)9-19-11-18(12-22-13-18)21-7-2-3-8-21/h4-6,10,19-20H,2-3,7-9,11-13H2,1H3. The zero-order valence-corrected chi connectivity index (χ0v) is 13.3. The lowest BCUT2D eigenvalue weighted by Crippen LogP contribution is -2.66. The van der Waals surface area contributed by atoms with Crippen LogP contribution >= 0.6 is 0 Å². The molecule has 0 amide bonds. The van der Waals surface area contributed by atoms with E-state index < -0.39 is 0 Å². The summed E-state index contributed by atoms with van der Waals surface area (Å²) in [5.74, 6) is 0. The summed E-state index contributed by atoms with van der Waals surface area (Å²) in [6.07, 6.45) is 4.82. The number of hydrogen-bond acceptors (Lipinski definition) is 3. The number of aryl methyl sites for hydroxylation is 1. The first-order valence-corrected chi connectivity index (χ1v) is 8.38. The van der Waals surface area contributed by atoms with Crippen LogP contribution in [0.3, 0.4) is 0 Å². The number of likely N-dealkylation sites (tertiary alicyclic amines) is 1. The summed E-state index contributed by atoms with van der Waals surface area (Å²) < 4.78 is 5.54. The van der Waals surface area contributed by atoms with Gasteiger partial charge in [-0.1, -0.05) is 18.2 Å². The van der Waals surface area contributed by atoms with E-state index in [2.05, 4.69) is 46.5 Å². The molecule has 3 heterocycles. The third-order valence-corrected chi connectivity index (χ3v) is 5.30. The molecular weight excluding hydrogens is 274 g/mol. The van der Waals surface area contributed by atoms with E-state index in [-0.39, 0.29) is 5.54 Å². The fraction of sp³-hybridized carbons (Fsp3) is 0.556. The monoisotopic (exact) mass is 299 g/mol. The zero-order chi connectivity index (χ0) is 15.0. The molecule has 2 fully saturated rings. The maximum absolute atomic E-state index is 5.54. The zero-order valence-electron chi connectivity index (χ0n) is 13.3. The lowest BCUT2D eigenvalue weighted by molar-refractivity contribution is -0.131. The second kappa shape index (κ2) is 5.69. The molecule has 4 heteroatoms. The van der Waals surface area contributed by atoms with Gasteiger partial charge in [0.1, 0.15) is 0 Å². The van der Waals surface area contributed by atoms with Crippen molar-refractivity contribution in [3.63, 3.8) is 0 Å². The molecule has 1 aromatic carbocycles. The summed E-state index contributed by atoms with van der Waals surface area (Å²) in [6.45, 7) is 8.32. The average molecular weight is 299 g/mol. The highest BCUT2D eigenvalue weighted by molar-refractivity contribution is 5.85. The third kappa shape index (κ3) is 2.35. The summed E-state index contributed by atoms with van der Waals surface area (Å²) in [4.78, 5) is 6.04. The molecule has 2 N–H and O–H groups in total. The molecule has 2 aliphatic heterocycles. The predicted octanol–water partition coefficient (Wildman–Crippen LogP) is 2.43. The lowest BCUT2D eigenvalue weighted by Gasteiger charge is -2.48. The predicted molar refractivity (Wildman–Crippen MR) is 89.1 cm³/mol. The number of hydrogen-bond donors (Lipinski definition) is 2. The van der Waals surface area contributed by atoms with Crippen LogP contribution in [-0.2, 0) is 11.3 Å². The van der Waals surface area contributed by atoms with Crippen molar-refractivity contribution in [2.75, 3.05) is 32.8 Å². The Morgan fingerprint density at radius 1 is 1.27 bits per heavy atom. The highest BCUT2D eigenvalue weighted by Crippen LogP contribution is 2.28. The SMILES string of the molecule is Cc1cccc2c(CNCC3(N4CCCC4)COC3)c[nH]c12. The van der Waals surface area contributed by atoms with Gasteiger partial charge in [0.25, 0.3) is 0 Å². The Morgan fingerprint density at radius 3 is 2.82 bits per heavy atom. The number of para-hydroxylation sites is 1. The molecule has 0 atom stereocenters. The molecule has 2 aromatic rings. The Morgan fingerprint density at radius 2 is 2.09 bits per heavy atom. The Hall–Kier alpha value is -1.36. The topological polar surface area (TPSA) is 40.3 Å². The molecular formula is C18H25N3O. The molecule has 4 rings (SSSR count). The van der Waals surface area contributed by atoms with Gasteiger partial charge in [-0.25, -0.2) is 0 Å². The van der Waals surface area contributed by atoms with Gasteiger partial charge in [-0.15, -0.1) is 0 Å². The molecule has 0 spiro atoms. The first-order chi connectivity index (χ1) is 10.8. The molecule has 0 radical (unpaired) electrons. The van der Waals surface area contributed by atoms with Gasteiger partial charge in [0, 0.05) is 30.2 Å².